The third kappa shape index (κ3) is 6.03. The molecule has 3 atom stereocenters. The van der Waals surface area contributed by atoms with Crippen molar-refractivity contribution in [2.75, 3.05) is 31.2 Å². The van der Waals surface area contributed by atoms with Gasteiger partial charge in [0.05, 0.1) is 12.6 Å². The van der Waals surface area contributed by atoms with Crippen LogP contribution in [0.5, 0.6) is 0 Å². The van der Waals surface area contributed by atoms with Gasteiger partial charge in [0, 0.05) is 50.4 Å². The van der Waals surface area contributed by atoms with E-state index in [9.17, 15) is 13.6 Å². The summed E-state index contributed by atoms with van der Waals surface area (Å²) in [6.07, 6.45) is 3.31. The number of hydrogen-bond acceptors (Lipinski definition) is 5. The smallest absolute Gasteiger partial charge is 0.248 e. The van der Waals surface area contributed by atoms with Crippen LogP contribution in [0.4, 0.5) is 8.78 Å². The Hall–Kier alpha value is -2.55. The van der Waals surface area contributed by atoms with E-state index in [1.54, 1.807) is 0 Å². The molecule has 2 bridgehead atoms. The highest BCUT2D eigenvalue weighted by atomic mass is 19.3. The van der Waals surface area contributed by atoms with Gasteiger partial charge in [0.2, 0.25) is 11.8 Å². The normalized spacial score (nSPS) is 24.9. The molecule has 9 heteroatoms. The highest BCUT2D eigenvalue weighted by Crippen LogP contribution is 2.37. The number of aromatic nitrogens is 3. The zero-order chi connectivity index (χ0) is 26.9. The van der Waals surface area contributed by atoms with Gasteiger partial charge in [-0.3, -0.25) is 9.69 Å². The standard InChI is InChI=1S/C29H42F2N6O/c1-20(2)27-34-33-21(3)37(27)36-18-22-9-10-25(19-36)35(17-22)16-13-26(23-7-5-4-6-8-23)32-28(38)24-11-14-29(30,31)15-12-24/h4-8,20,22,24-26H,9-19H2,1-3H3,(H,32,38)/t22-,25+,26+/m1/s1. The number of benzene rings is 1. The van der Waals surface area contributed by atoms with Crippen molar-refractivity contribution < 1.29 is 13.6 Å². The average Bonchev–Trinajstić information content (AvgIpc) is 3.06. The van der Waals surface area contributed by atoms with Crippen LogP contribution in [-0.4, -0.2) is 63.8 Å². The Morgan fingerprint density at radius 3 is 2.50 bits per heavy atom. The lowest BCUT2D eigenvalue weighted by atomic mass is 9.86. The van der Waals surface area contributed by atoms with Crippen molar-refractivity contribution in [2.24, 2.45) is 11.8 Å². The van der Waals surface area contributed by atoms with E-state index in [1.807, 2.05) is 25.1 Å². The van der Waals surface area contributed by atoms with Crippen LogP contribution in [0.2, 0.25) is 0 Å². The summed E-state index contributed by atoms with van der Waals surface area (Å²) in [4.78, 5) is 15.7. The molecule has 0 spiro atoms. The molecule has 1 aromatic heterocycles. The largest absolute Gasteiger partial charge is 0.349 e. The first-order valence-electron chi connectivity index (χ1n) is 14.3. The first-order valence-corrected chi connectivity index (χ1v) is 14.3. The van der Waals surface area contributed by atoms with E-state index in [4.69, 9.17) is 0 Å². The van der Waals surface area contributed by atoms with Gasteiger partial charge in [-0.15, -0.1) is 10.2 Å². The molecule has 1 aromatic carbocycles. The number of halogens is 2. The maximum atomic E-state index is 13.7. The monoisotopic (exact) mass is 528 g/mol. The highest BCUT2D eigenvalue weighted by Gasteiger charge is 2.39. The van der Waals surface area contributed by atoms with Crippen LogP contribution >= 0.6 is 0 Å². The molecule has 1 N–H and O–H groups in total. The van der Waals surface area contributed by atoms with Crippen LogP contribution in [-0.2, 0) is 4.79 Å². The van der Waals surface area contributed by atoms with Gasteiger partial charge in [-0.25, -0.2) is 13.5 Å². The van der Waals surface area contributed by atoms with Crippen LogP contribution in [0, 0.1) is 18.8 Å². The fraction of sp³-hybridized carbons (Fsp3) is 0.690. The van der Waals surface area contributed by atoms with Crippen molar-refractivity contribution in [2.45, 2.75) is 89.6 Å². The summed E-state index contributed by atoms with van der Waals surface area (Å²) < 4.78 is 29.5. The van der Waals surface area contributed by atoms with Crippen LogP contribution in [0.25, 0.3) is 0 Å². The summed E-state index contributed by atoms with van der Waals surface area (Å²) in [6.45, 7) is 10.2. The number of fused-ring (bicyclic) bond motifs is 4. The summed E-state index contributed by atoms with van der Waals surface area (Å²) in [7, 11) is 0. The molecule has 4 heterocycles. The Balaban J connectivity index is 1.26. The second-order valence-corrected chi connectivity index (χ2v) is 11.9. The predicted octanol–water partition coefficient (Wildman–Crippen LogP) is 4.82. The number of hydrogen-bond donors (Lipinski definition) is 1. The van der Waals surface area contributed by atoms with Gasteiger partial charge in [0.15, 0.2) is 5.82 Å². The van der Waals surface area contributed by atoms with Crippen LogP contribution < -0.4 is 10.3 Å². The zero-order valence-electron chi connectivity index (χ0n) is 23.0. The van der Waals surface area contributed by atoms with E-state index in [-0.39, 0.29) is 43.6 Å². The molecule has 0 radical (unpaired) electrons. The van der Waals surface area contributed by atoms with Gasteiger partial charge in [0.25, 0.3) is 0 Å². The second-order valence-electron chi connectivity index (χ2n) is 11.9. The minimum atomic E-state index is -2.63. The molecule has 1 amide bonds. The molecule has 3 saturated heterocycles. The molecule has 0 unspecified atom stereocenters. The highest BCUT2D eigenvalue weighted by molar-refractivity contribution is 5.79. The van der Waals surface area contributed by atoms with Crippen molar-refractivity contribution in [3.8, 4) is 0 Å². The summed E-state index contributed by atoms with van der Waals surface area (Å²) in [5.41, 5.74) is 1.07. The first kappa shape index (κ1) is 27.0. The fourth-order valence-electron chi connectivity index (χ4n) is 6.57. The molecule has 3 aliphatic heterocycles. The van der Waals surface area contributed by atoms with E-state index in [1.165, 1.54) is 6.42 Å². The molecule has 1 saturated carbocycles. The number of alkyl halides is 2. The summed E-state index contributed by atoms with van der Waals surface area (Å²) in [5, 5.41) is 14.5. The quantitative estimate of drug-likeness (QED) is 0.533. The molecule has 6 rings (SSSR count). The number of nitrogens with zero attached hydrogens (tertiary/aromatic N) is 5. The summed E-state index contributed by atoms with van der Waals surface area (Å²) in [6, 6.07) is 10.4. The van der Waals surface area contributed by atoms with E-state index in [0.717, 1.165) is 56.2 Å². The maximum Gasteiger partial charge on any atom is 0.248 e. The first-order chi connectivity index (χ1) is 18.2. The van der Waals surface area contributed by atoms with Gasteiger partial charge >= 0.3 is 0 Å². The summed E-state index contributed by atoms with van der Waals surface area (Å²) in [5.74, 6) is -0.204. The van der Waals surface area contributed by atoms with E-state index in [2.05, 4.69) is 56.1 Å². The molecule has 4 aliphatic rings. The molecular formula is C29H42F2N6O. The van der Waals surface area contributed by atoms with Crippen LogP contribution in [0.15, 0.2) is 30.3 Å². The van der Waals surface area contributed by atoms with E-state index in [0.29, 0.717) is 17.9 Å². The van der Waals surface area contributed by atoms with Gasteiger partial charge < -0.3 is 10.3 Å². The number of carbonyl (C=O) groups is 1. The Kier molecular flexibility index (Phi) is 8.03. The summed E-state index contributed by atoms with van der Waals surface area (Å²) >= 11 is 0. The second kappa shape index (κ2) is 11.3. The molecule has 1 aliphatic carbocycles. The number of rotatable bonds is 8. The third-order valence-electron chi connectivity index (χ3n) is 8.74. The lowest BCUT2D eigenvalue weighted by Crippen LogP contribution is -2.47. The van der Waals surface area contributed by atoms with Crippen molar-refractivity contribution in [1.29, 1.82) is 0 Å². The number of aryl methyl sites for hydroxylation is 1. The Morgan fingerprint density at radius 2 is 1.79 bits per heavy atom. The fourth-order valence-corrected chi connectivity index (χ4v) is 6.57. The number of piperidine rings is 1. The maximum absolute atomic E-state index is 13.7. The Labute approximate surface area is 224 Å². The van der Waals surface area contributed by atoms with Crippen molar-refractivity contribution >= 4 is 5.91 Å². The average molecular weight is 529 g/mol. The molecule has 208 valence electrons. The lowest BCUT2D eigenvalue weighted by Gasteiger charge is -2.37. The SMILES string of the molecule is Cc1nnc(C(C)C)n1N1C[C@@H]2CC[C@@H](C1)N(CC[C@H](NC(=O)C1CCC(F)(F)CC1)c1ccccc1)C2. The van der Waals surface area contributed by atoms with E-state index >= 15 is 0 Å². The van der Waals surface area contributed by atoms with E-state index < -0.39 is 5.92 Å². The van der Waals surface area contributed by atoms with Gasteiger partial charge in [-0.2, -0.15) is 0 Å². The number of amides is 1. The molecule has 38 heavy (non-hydrogen) atoms. The minimum Gasteiger partial charge on any atom is -0.349 e. The number of nitrogens with one attached hydrogen (secondary N) is 1. The molecule has 7 nitrogen and oxygen atoms in total. The molecule has 2 aromatic rings. The van der Waals surface area contributed by atoms with Crippen molar-refractivity contribution in [1.82, 2.24) is 25.1 Å². The van der Waals surface area contributed by atoms with Crippen LogP contribution in [0.1, 0.15) is 88.0 Å². The topological polar surface area (TPSA) is 66.3 Å². The van der Waals surface area contributed by atoms with Crippen molar-refractivity contribution in [3.63, 3.8) is 0 Å². The van der Waals surface area contributed by atoms with Gasteiger partial charge in [-0.05, 0) is 50.5 Å². The third-order valence-corrected chi connectivity index (χ3v) is 8.74. The Morgan fingerprint density at radius 1 is 1.05 bits per heavy atom. The van der Waals surface area contributed by atoms with Gasteiger partial charge in [-0.1, -0.05) is 44.2 Å². The number of carbonyl (C=O) groups excluding carboxylic acids is 1. The molecule has 4 fully saturated rings. The van der Waals surface area contributed by atoms with Crippen molar-refractivity contribution in [3.05, 3.63) is 47.5 Å². The van der Waals surface area contributed by atoms with Gasteiger partial charge in [0.1, 0.15) is 5.82 Å². The lowest BCUT2D eigenvalue weighted by molar-refractivity contribution is -0.130. The predicted molar refractivity (Wildman–Crippen MR) is 144 cm³/mol. The molecular weight excluding hydrogens is 486 g/mol. The minimum absolute atomic E-state index is 0.0813. The van der Waals surface area contributed by atoms with Crippen LogP contribution in [0.3, 0.4) is 0 Å². The Bertz CT molecular complexity index is 1080. The zero-order valence-corrected chi connectivity index (χ0v) is 23.0.